The molecule has 1 aromatic carbocycles. The summed E-state index contributed by atoms with van der Waals surface area (Å²) in [6.07, 6.45) is 0. The van der Waals surface area contributed by atoms with E-state index in [4.69, 9.17) is 20.5 Å². The zero-order valence-electron chi connectivity index (χ0n) is 12.3. The van der Waals surface area contributed by atoms with Crippen LogP contribution in [-0.4, -0.2) is 22.6 Å². The molecule has 0 aliphatic rings. The summed E-state index contributed by atoms with van der Waals surface area (Å²) in [5, 5.41) is 0.505. The first kappa shape index (κ1) is 16.3. The summed E-state index contributed by atoms with van der Waals surface area (Å²) < 4.78 is 11.4. The molecule has 6 heteroatoms. The predicted molar refractivity (Wildman–Crippen MR) is 84.2 cm³/mol. The Labute approximate surface area is 122 Å². The summed E-state index contributed by atoms with van der Waals surface area (Å²) in [5.41, 5.74) is 0.414. The van der Waals surface area contributed by atoms with E-state index in [-0.39, 0.29) is 5.97 Å². The highest BCUT2D eigenvalue weighted by Gasteiger charge is 2.25. The quantitative estimate of drug-likeness (QED) is 0.765. The smallest absolute Gasteiger partial charge is 0.328 e. The second kappa shape index (κ2) is 5.68. The summed E-state index contributed by atoms with van der Waals surface area (Å²) >= 11 is 5.96. The molecule has 0 amide bonds. The van der Waals surface area contributed by atoms with Gasteiger partial charge in [-0.05, 0) is 57.5 Å². The molecule has 0 spiro atoms. The first-order valence-electron chi connectivity index (χ1n) is 6.20. The predicted octanol–water partition coefficient (Wildman–Crippen LogP) is 4.55. The lowest BCUT2D eigenvalue weighted by atomic mass is 10.2. The van der Waals surface area contributed by atoms with Crippen LogP contribution in [0.1, 0.15) is 10.4 Å². The molecule has 0 fully saturated rings. The monoisotopic (exact) mass is 316 g/mol. The standard InChI is InChI=1S/C13H21ClO3Si2/c1-18(2,3)16-12-8-7-10(14)9-11(12)13(15)17-19(4,5)6/h7-9H,1-6H3. The normalized spacial score (nSPS) is 12.2. The van der Waals surface area contributed by atoms with Gasteiger partial charge in [-0.15, -0.1) is 0 Å². The fourth-order valence-corrected chi connectivity index (χ4v) is 3.09. The molecule has 0 unspecified atom stereocenters. The minimum Gasteiger partial charge on any atom is -0.544 e. The van der Waals surface area contributed by atoms with Gasteiger partial charge in [-0.2, -0.15) is 0 Å². The molecule has 19 heavy (non-hydrogen) atoms. The molecular weight excluding hydrogens is 296 g/mol. The van der Waals surface area contributed by atoms with Crippen molar-refractivity contribution in [2.24, 2.45) is 0 Å². The van der Waals surface area contributed by atoms with E-state index in [2.05, 4.69) is 19.6 Å². The molecule has 1 rings (SSSR count). The lowest BCUT2D eigenvalue weighted by Gasteiger charge is -2.23. The fraction of sp³-hybridized carbons (Fsp3) is 0.462. The Bertz CT molecular complexity index is 476. The summed E-state index contributed by atoms with van der Waals surface area (Å²) in [6, 6.07) is 5.07. The minimum absolute atomic E-state index is 0.352. The van der Waals surface area contributed by atoms with Gasteiger partial charge in [0, 0.05) is 5.02 Å². The Balaban J connectivity index is 3.10. The Morgan fingerprint density at radius 3 is 2.11 bits per heavy atom. The number of hydrogen-bond donors (Lipinski definition) is 0. The molecule has 0 atom stereocenters. The number of benzene rings is 1. The SMILES string of the molecule is C[Si](C)(C)OC(=O)c1cc(Cl)ccc1O[Si](C)(C)C. The lowest BCUT2D eigenvalue weighted by molar-refractivity contribution is 0.0722. The van der Waals surface area contributed by atoms with Crippen molar-refractivity contribution < 1.29 is 13.6 Å². The van der Waals surface area contributed by atoms with Crippen LogP contribution in [0.3, 0.4) is 0 Å². The van der Waals surface area contributed by atoms with Crippen molar-refractivity contribution in [2.75, 3.05) is 0 Å². The molecule has 0 N–H and O–H groups in total. The number of hydrogen-bond acceptors (Lipinski definition) is 3. The van der Waals surface area contributed by atoms with E-state index in [1.54, 1.807) is 18.2 Å². The Morgan fingerprint density at radius 1 is 1.05 bits per heavy atom. The summed E-state index contributed by atoms with van der Waals surface area (Å²) in [7, 11) is -3.73. The van der Waals surface area contributed by atoms with E-state index in [0.29, 0.717) is 16.3 Å². The Hall–Kier alpha value is -0.786. The van der Waals surface area contributed by atoms with Crippen molar-refractivity contribution in [1.29, 1.82) is 0 Å². The molecule has 0 aliphatic carbocycles. The maximum Gasteiger partial charge on any atom is 0.328 e. The number of rotatable bonds is 4. The van der Waals surface area contributed by atoms with Gasteiger partial charge in [0.2, 0.25) is 16.6 Å². The van der Waals surface area contributed by atoms with Crippen LogP contribution >= 0.6 is 11.6 Å². The number of carbonyl (C=O) groups is 1. The zero-order valence-corrected chi connectivity index (χ0v) is 15.1. The van der Waals surface area contributed by atoms with Crippen LogP contribution in [0.25, 0.3) is 0 Å². The van der Waals surface area contributed by atoms with Gasteiger partial charge in [-0.1, -0.05) is 11.6 Å². The molecule has 0 saturated carbocycles. The fourth-order valence-electron chi connectivity index (χ4n) is 1.41. The topological polar surface area (TPSA) is 35.5 Å². The van der Waals surface area contributed by atoms with Crippen molar-refractivity contribution in [2.45, 2.75) is 39.3 Å². The average Bonchev–Trinajstić information content (AvgIpc) is 2.16. The Morgan fingerprint density at radius 2 is 1.63 bits per heavy atom. The van der Waals surface area contributed by atoms with Crippen LogP contribution in [0.2, 0.25) is 44.3 Å². The molecule has 0 aliphatic heterocycles. The molecule has 0 radical (unpaired) electrons. The van der Waals surface area contributed by atoms with Gasteiger partial charge in [-0.3, -0.25) is 0 Å². The second-order valence-corrected chi connectivity index (χ2v) is 15.7. The highest BCUT2D eigenvalue weighted by molar-refractivity contribution is 6.71. The van der Waals surface area contributed by atoms with E-state index in [0.717, 1.165) is 0 Å². The van der Waals surface area contributed by atoms with Gasteiger partial charge >= 0.3 is 5.97 Å². The van der Waals surface area contributed by atoms with Gasteiger partial charge in [0.25, 0.3) is 0 Å². The third-order valence-electron chi connectivity index (χ3n) is 1.98. The maximum atomic E-state index is 12.2. The molecule has 0 saturated heterocycles. The van der Waals surface area contributed by atoms with Crippen molar-refractivity contribution in [1.82, 2.24) is 0 Å². The van der Waals surface area contributed by atoms with E-state index < -0.39 is 16.6 Å². The average molecular weight is 317 g/mol. The van der Waals surface area contributed by atoms with Gasteiger partial charge in [0.05, 0.1) is 0 Å². The number of carbonyl (C=O) groups excluding carboxylic acids is 1. The van der Waals surface area contributed by atoms with Gasteiger partial charge < -0.3 is 8.85 Å². The van der Waals surface area contributed by atoms with Crippen molar-refractivity contribution in [3.63, 3.8) is 0 Å². The molecule has 0 aromatic heterocycles. The van der Waals surface area contributed by atoms with E-state index in [1.165, 1.54) is 0 Å². The highest BCUT2D eigenvalue weighted by atomic mass is 35.5. The van der Waals surface area contributed by atoms with Crippen LogP contribution in [0.15, 0.2) is 18.2 Å². The summed E-state index contributed by atoms with van der Waals surface area (Å²) in [4.78, 5) is 12.2. The zero-order chi connectivity index (χ0) is 14.8. The van der Waals surface area contributed by atoms with E-state index in [9.17, 15) is 4.79 Å². The van der Waals surface area contributed by atoms with Crippen LogP contribution < -0.4 is 4.43 Å². The van der Waals surface area contributed by atoms with Gasteiger partial charge in [0.15, 0.2) is 0 Å². The Kier molecular flexibility index (Phi) is 4.87. The lowest BCUT2D eigenvalue weighted by Crippen LogP contribution is -2.32. The largest absolute Gasteiger partial charge is 0.544 e. The molecule has 0 bridgehead atoms. The minimum atomic E-state index is -1.94. The first-order valence-corrected chi connectivity index (χ1v) is 13.4. The van der Waals surface area contributed by atoms with Gasteiger partial charge in [-0.25, -0.2) is 4.79 Å². The summed E-state index contributed by atoms with van der Waals surface area (Å²) in [5.74, 6) is 0.210. The van der Waals surface area contributed by atoms with Crippen LogP contribution in [0.4, 0.5) is 0 Å². The maximum absolute atomic E-state index is 12.2. The highest BCUT2D eigenvalue weighted by Crippen LogP contribution is 2.27. The molecule has 0 heterocycles. The molecule has 1 aromatic rings. The van der Waals surface area contributed by atoms with Crippen molar-refractivity contribution >= 4 is 34.2 Å². The van der Waals surface area contributed by atoms with E-state index >= 15 is 0 Å². The third kappa shape index (κ3) is 5.80. The van der Waals surface area contributed by atoms with Gasteiger partial charge in [0.1, 0.15) is 11.3 Å². The molecule has 106 valence electrons. The van der Waals surface area contributed by atoms with Crippen LogP contribution in [-0.2, 0) is 4.43 Å². The number of halogens is 1. The first-order chi connectivity index (χ1) is 8.48. The van der Waals surface area contributed by atoms with Crippen LogP contribution in [0, 0.1) is 0 Å². The molecular formula is C13H21ClO3Si2. The second-order valence-electron chi connectivity index (χ2n) is 6.36. The third-order valence-corrected chi connectivity index (χ3v) is 3.84. The van der Waals surface area contributed by atoms with Crippen LogP contribution in [0.5, 0.6) is 5.75 Å². The van der Waals surface area contributed by atoms with E-state index in [1.807, 2.05) is 19.6 Å². The summed E-state index contributed by atoms with van der Waals surface area (Å²) in [6.45, 7) is 12.1. The molecule has 3 nitrogen and oxygen atoms in total. The van der Waals surface area contributed by atoms with Crippen molar-refractivity contribution in [3.05, 3.63) is 28.8 Å². The van der Waals surface area contributed by atoms with Crippen molar-refractivity contribution in [3.8, 4) is 5.75 Å².